The molecule has 12 heavy (non-hydrogen) atoms. The van der Waals surface area contributed by atoms with E-state index in [4.69, 9.17) is 0 Å². The highest BCUT2D eigenvalue weighted by Gasteiger charge is 2.21. The van der Waals surface area contributed by atoms with Crippen molar-refractivity contribution in [2.24, 2.45) is 0 Å². The Labute approximate surface area is 71.1 Å². The van der Waals surface area contributed by atoms with E-state index < -0.39 is 9.84 Å². The average molecular weight is 186 g/mol. The lowest BCUT2D eigenvalue weighted by Gasteiger charge is -2.13. The van der Waals surface area contributed by atoms with Crippen molar-refractivity contribution >= 4 is 9.84 Å². The van der Waals surface area contributed by atoms with Gasteiger partial charge in [0.2, 0.25) is 0 Å². The second kappa shape index (κ2) is 2.32. The molecule has 0 aliphatic carbocycles. The van der Waals surface area contributed by atoms with Crippen molar-refractivity contribution in [2.75, 3.05) is 5.75 Å². The predicted octanol–water partition coefficient (Wildman–Crippen LogP) is 0.120. The lowest BCUT2D eigenvalue weighted by molar-refractivity contribution is 0.554. The Hall–Kier alpha value is -0.840. The molecule has 0 unspecified atom stereocenters. The van der Waals surface area contributed by atoms with Crippen LogP contribution >= 0.6 is 0 Å². The Balaban J connectivity index is 2.47. The van der Waals surface area contributed by atoms with Gasteiger partial charge in [0.1, 0.15) is 0 Å². The first-order chi connectivity index (χ1) is 5.57. The van der Waals surface area contributed by atoms with E-state index in [0.29, 0.717) is 6.54 Å². The van der Waals surface area contributed by atoms with Crippen LogP contribution in [0.1, 0.15) is 11.4 Å². The van der Waals surface area contributed by atoms with Gasteiger partial charge in [0.15, 0.2) is 9.84 Å². The number of sulfone groups is 1. The minimum atomic E-state index is -2.84. The Bertz CT molecular complexity index is 405. The molecule has 2 rings (SSSR count). The summed E-state index contributed by atoms with van der Waals surface area (Å²) in [4.78, 5) is 0. The van der Waals surface area contributed by atoms with Gasteiger partial charge in [0.05, 0.1) is 29.4 Å². The van der Waals surface area contributed by atoms with Gasteiger partial charge in [-0.3, -0.25) is 4.68 Å². The third kappa shape index (κ3) is 1.24. The molecule has 0 saturated heterocycles. The summed E-state index contributed by atoms with van der Waals surface area (Å²) in [5.41, 5.74) is 1.71. The zero-order chi connectivity index (χ0) is 8.77. The topological polar surface area (TPSA) is 52.0 Å². The van der Waals surface area contributed by atoms with Crippen LogP contribution in [0.25, 0.3) is 0 Å². The third-order valence-corrected chi connectivity index (χ3v) is 3.51. The van der Waals surface area contributed by atoms with Crippen molar-refractivity contribution in [3.05, 3.63) is 17.5 Å². The Morgan fingerprint density at radius 1 is 1.58 bits per heavy atom. The fraction of sp³-hybridized carbons (Fsp3) is 0.571. The van der Waals surface area contributed by atoms with Gasteiger partial charge in [-0.15, -0.1) is 0 Å². The smallest absolute Gasteiger partial charge is 0.157 e. The number of fused-ring (bicyclic) bond motifs is 1. The molecule has 0 atom stereocenters. The van der Waals surface area contributed by atoms with Crippen molar-refractivity contribution in [3.8, 4) is 0 Å². The molecule has 0 fully saturated rings. The molecule has 1 aromatic rings. The van der Waals surface area contributed by atoms with Gasteiger partial charge < -0.3 is 0 Å². The fourth-order valence-corrected chi connectivity index (χ4v) is 2.71. The fourth-order valence-electron chi connectivity index (χ4n) is 1.43. The molecule has 0 radical (unpaired) electrons. The monoisotopic (exact) mass is 186 g/mol. The first-order valence-electron chi connectivity index (χ1n) is 3.81. The molecular weight excluding hydrogens is 176 g/mol. The van der Waals surface area contributed by atoms with Gasteiger partial charge in [0, 0.05) is 0 Å². The number of hydrogen-bond acceptors (Lipinski definition) is 3. The molecule has 4 nitrogen and oxygen atoms in total. The van der Waals surface area contributed by atoms with Gasteiger partial charge in [-0.1, -0.05) is 0 Å². The lowest BCUT2D eigenvalue weighted by Crippen LogP contribution is -2.23. The van der Waals surface area contributed by atoms with Crippen molar-refractivity contribution in [3.63, 3.8) is 0 Å². The van der Waals surface area contributed by atoms with Gasteiger partial charge >= 0.3 is 0 Å². The zero-order valence-corrected chi connectivity index (χ0v) is 7.63. The molecule has 0 amide bonds. The summed E-state index contributed by atoms with van der Waals surface area (Å²) >= 11 is 0. The van der Waals surface area contributed by atoms with E-state index in [1.165, 1.54) is 0 Å². The van der Waals surface area contributed by atoms with Crippen LogP contribution in [0.2, 0.25) is 0 Å². The van der Waals surface area contributed by atoms with Crippen molar-refractivity contribution in [1.82, 2.24) is 9.78 Å². The van der Waals surface area contributed by atoms with Crippen LogP contribution in [0.5, 0.6) is 0 Å². The van der Waals surface area contributed by atoms with Crippen LogP contribution in [-0.2, 0) is 22.1 Å². The minimum Gasteiger partial charge on any atom is -0.267 e. The standard InChI is InChI=1S/C7H10N2O2S/c1-6-4-7-5-12(10,11)3-2-9(7)8-6/h4H,2-3,5H2,1H3. The molecule has 0 spiro atoms. The summed E-state index contributed by atoms with van der Waals surface area (Å²) in [6, 6.07) is 1.83. The number of aryl methyl sites for hydroxylation is 2. The van der Waals surface area contributed by atoms with Crippen molar-refractivity contribution in [2.45, 2.75) is 19.2 Å². The van der Waals surface area contributed by atoms with Gasteiger partial charge in [-0.25, -0.2) is 8.42 Å². The second-order valence-corrected chi connectivity index (χ2v) is 5.28. The van der Waals surface area contributed by atoms with Crippen LogP contribution in [0.4, 0.5) is 0 Å². The van der Waals surface area contributed by atoms with E-state index in [-0.39, 0.29) is 11.5 Å². The third-order valence-electron chi connectivity index (χ3n) is 1.97. The van der Waals surface area contributed by atoms with E-state index in [1.807, 2.05) is 13.0 Å². The predicted molar refractivity (Wildman–Crippen MR) is 44.5 cm³/mol. The van der Waals surface area contributed by atoms with E-state index in [9.17, 15) is 8.42 Å². The number of nitrogens with zero attached hydrogens (tertiary/aromatic N) is 2. The van der Waals surface area contributed by atoms with Crippen LogP contribution in [0.15, 0.2) is 6.07 Å². The van der Waals surface area contributed by atoms with Crippen molar-refractivity contribution in [1.29, 1.82) is 0 Å². The van der Waals surface area contributed by atoms with Gasteiger partial charge in [0.25, 0.3) is 0 Å². The number of hydrogen-bond donors (Lipinski definition) is 0. The summed E-state index contributed by atoms with van der Waals surface area (Å²) in [6.07, 6.45) is 0. The molecule has 1 aliphatic heterocycles. The molecule has 66 valence electrons. The molecule has 1 aromatic heterocycles. The maximum atomic E-state index is 11.2. The molecule has 0 N–H and O–H groups in total. The molecule has 0 bridgehead atoms. The van der Waals surface area contributed by atoms with Crippen LogP contribution in [-0.4, -0.2) is 24.0 Å². The molecule has 5 heteroatoms. The molecule has 2 heterocycles. The maximum absolute atomic E-state index is 11.2. The van der Waals surface area contributed by atoms with E-state index >= 15 is 0 Å². The molecular formula is C7H10N2O2S. The quantitative estimate of drug-likeness (QED) is 0.578. The van der Waals surface area contributed by atoms with Gasteiger partial charge in [-0.05, 0) is 13.0 Å². The van der Waals surface area contributed by atoms with Crippen LogP contribution < -0.4 is 0 Å². The summed E-state index contributed by atoms with van der Waals surface area (Å²) in [5, 5.41) is 4.17. The van der Waals surface area contributed by atoms with Crippen LogP contribution in [0.3, 0.4) is 0 Å². The molecule has 0 saturated carbocycles. The SMILES string of the molecule is Cc1cc2n(n1)CCS(=O)(=O)C2. The van der Waals surface area contributed by atoms with E-state index in [2.05, 4.69) is 5.10 Å². The largest absolute Gasteiger partial charge is 0.267 e. The van der Waals surface area contributed by atoms with E-state index in [0.717, 1.165) is 11.4 Å². The summed E-state index contributed by atoms with van der Waals surface area (Å²) in [6.45, 7) is 2.38. The van der Waals surface area contributed by atoms with Gasteiger partial charge in [-0.2, -0.15) is 5.10 Å². The highest BCUT2D eigenvalue weighted by atomic mass is 32.2. The average Bonchev–Trinajstić information content (AvgIpc) is 2.26. The first kappa shape index (κ1) is 7.79. The second-order valence-electron chi connectivity index (χ2n) is 3.09. The number of aromatic nitrogens is 2. The Kier molecular flexibility index (Phi) is 1.51. The lowest BCUT2D eigenvalue weighted by atomic mass is 10.4. The summed E-state index contributed by atoms with van der Waals surface area (Å²) in [7, 11) is -2.84. The van der Waals surface area contributed by atoms with Crippen molar-refractivity contribution < 1.29 is 8.42 Å². The Morgan fingerprint density at radius 2 is 2.33 bits per heavy atom. The van der Waals surface area contributed by atoms with E-state index in [1.54, 1.807) is 4.68 Å². The Morgan fingerprint density at radius 3 is 3.08 bits per heavy atom. The minimum absolute atomic E-state index is 0.147. The molecule has 1 aliphatic rings. The summed E-state index contributed by atoms with van der Waals surface area (Å²) < 4.78 is 24.1. The summed E-state index contributed by atoms with van der Waals surface area (Å²) in [5.74, 6) is 0.370. The number of rotatable bonds is 0. The molecule has 0 aromatic carbocycles. The first-order valence-corrected chi connectivity index (χ1v) is 5.63. The normalized spacial score (nSPS) is 20.4. The van der Waals surface area contributed by atoms with Crippen LogP contribution in [0, 0.1) is 6.92 Å². The highest BCUT2D eigenvalue weighted by Crippen LogP contribution is 2.14. The maximum Gasteiger partial charge on any atom is 0.157 e. The highest BCUT2D eigenvalue weighted by molar-refractivity contribution is 7.90. The zero-order valence-electron chi connectivity index (χ0n) is 6.82.